The second kappa shape index (κ2) is 7.91. The quantitative estimate of drug-likeness (QED) is 0.882. The van der Waals surface area contributed by atoms with Gasteiger partial charge in [-0.1, -0.05) is 6.07 Å². The molecule has 2 fully saturated rings. The minimum absolute atomic E-state index is 0.617. The van der Waals surface area contributed by atoms with Crippen molar-refractivity contribution in [1.82, 2.24) is 15.0 Å². The molecule has 7 heteroatoms. The van der Waals surface area contributed by atoms with E-state index >= 15 is 0 Å². The zero-order valence-corrected chi connectivity index (χ0v) is 15.2. The van der Waals surface area contributed by atoms with Gasteiger partial charge in [0.15, 0.2) is 0 Å². The van der Waals surface area contributed by atoms with Gasteiger partial charge < -0.3 is 15.1 Å². The van der Waals surface area contributed by atoms with Crippen molar-refractivity contribution in [3.8, 4) is 0 Å². The van der Waals surface area contributed by atoms with E-state index in [1.54, 1.807) is 6.33 Å². The van der Waals surface area contributed by atoms with E-state index < -0.39 is 0 Å². The molecule has 132 valence electrons. The van der Waals surface area contributed by atoms with E-state index in [0.717, 1.165) is 50.2 Å². The summed E-state index contributed by atoms with van der Waals surface area (Å²) in [7, 11) is 0. The first-order valence-electron chi connectivity index (χ1n) is 8.93. The lowest BCUT2D eigenvalue weighted by molar-refractivity contribution is 0.621. The maximum atomic E-state index is 4.52. The molecule has 0 radical (unpaired) electrons. The first-order valence-corrected chi connectivity index (χ1v) is 10.1. The second-order valence-corrected chi connectivity index (χ2v) is 7.76. The normalized spacial score (nSPS) is 20.7. The number of hydrogen-bond acceptors (Lipinski definition) is 7. The summed E-state index contributed by atoms with van der Waals surface area (Å²) in [6.45, 7) is 5.21. The van der Waals surface area contributed by atoms with Crippen LogP contribution in [0.4, 0.5) is 17.5 Å². The third-order valence-electron chi connectivity index (χ3n) is 4.82. The summed E-state index contributed by atoms with van der Waals surface area (Å²) in [6, 6.07) is 8.12. The van der Waals surface area contributed by atoms with Crippen LogP contribution in [-0.4, -0.2) is 59.2 Å². The van der Waals surface area contributed by atoms with Crippen LogP contribution in [0.3, 0.4) is 0 Å². The van der Waals surface area contributed by atoms with Gasteiger partial charge in [0, 0.05) is 56.5 Å². The van der Waals surface area contributed by atoms with Crippen LogP contribution in [-0.2, 0) is 0 Å². The van der Waals surface area contributed by atoms with Gasteiger partial charge >= 0.3 is 0 Å². The molecule has 0 spiro atoms. The molecule has 0 aliphatic carbocycles. The number of hydrogen-bond donors (Lipinski definition) is 1. The van der Waals surface area contributed by atoms with Gasteiger partial charge in [-0.2, -0.15) is 11.8 Å². The van der Waals surface area contributed by atoms with Crippen molar-refractivity contribution >= 4 is 29.2 Å². The summed E-state index contributed by atoms with van der Waals surface area (Å²) >= 11 is 2.02. The Morgan fingerprint density at radius 1 is 1.04 bits per heavy atom. The summed E-state index contributed by atoms with van der Waals surface area (Å²) in [5.74, 6) is 6.07. The van der Waals surface area contributed by atoms with Gasteiger partial charge in [0.25, 0.3) is 0 Å². The predicted octanol–water partition coefficient (Wildman–Crippen LogP) is 2.36. The molecule has 6 nitrogen and oxygen atoms in total. The van der Waals surface area contributed by atoms with Gasteiger partial charge in [-0.05, 0) is 24.5 Å². The second-order valence-electron chi connectivity index (χ2n) is 6.53. The number of nitrogens with zero attached hydrogens (tertiary/aromatic N) is 5. The Bertz CT molecular complexity index is 676. The number of nitrogens with one attached hydrogen (secondary N) is 1. The predicted molar refractivity (Wildman–Crippen MR) is 105 cm³/mol. The van der Waals surface area contributed by atoms with Crippen molar-refractivity contribution in [1.29, 1.82) is 0 Å². The number of aromatic nitrogens is 3. The molecule has 0 bridgehead atoms. The number of thioether (sulfide) groups is 1. The van der Waals surface area contributed by atoms with Crippen molar-refractivity contribution in [2.75, 3.05) is 59.3 Å². The number of anilines is 3. The standard InChI is InChI=1S/C18H24N6S/c1-2-5-19-16(3-1)20-12-15-4-6-24(13-15)18-11-17(21-14-22-18)23-7-9-25-10-8-23/h1-3,5,11,14-15H,4,6-10,12-13H2,(H,19,20). The van der Waals surface area contributed by atoms with E-state index in [-0.39, 0.29) is 0 Å². The van der Waals surface area contributed by atoms with Gasteiger partial charge in [0.2, 0.25) is 0 Å². The zero-order valence-electron chi connectivity index (χ0n) is 14.3. The first-order chi connectivity index (χ1) is 12.4. The van der Waals surface area contributed by atoms with E-state index in [4.69, 9.17) is 0 Å². The highest BCUT2D eigenvalue weighted by Gasteiger charge is 2.24. The summed E-state index contributed by atoms with van der Waals surface area (Å²) in [4.78, 5) is 18.1. The molecule has 1 unspecified atom stereocenters. The largest absolute Gasteiger partial charge is 0.370 e. The van der Waals surface area contributed by atoms with Crippen LogP contribution in [0.1, 0.15) is 6.42 Å². The molecule has 1 N–H and O–H groups in total. The van der Waals surface area contributed by atoms with Crippen LogP contribution < -0.4 is 15.1 Å². The molecule has 4 rings (SSSR count). The SMILES string of the molecule is c1ccc(NCC2CCN(c3cc(N4CCSCC4)ncn3)C2)nc1. The van der Waals surface area contributed by atoms with Gasteiger partial charge in [-0.15, -0.1) is 0 Å². The molecule has 2 aliphatic heterocycles. The molecular weight excluding hydrogens is 332 g/mol. The lowest BCUT2D eigenvalue weighted by Gasteiger charge is -2.28. The lowest BCUT2D eigenvalue weighted by Crippen LogP contribution is -2.33. The lowest BCUT2D eigenvalue weighted by atomic mass is 10.1. The molecular formula is C18H24N6S. The molecule has 4 heterocycles. The Morgan fingerprint density at radius 2 is 1.88 bits per heavy atom. The van der Waals surface area contributed by atoms with Gasteiger partial charge in [0.05, 0.1) is 0 Å². The highest BCUT2D eigenvalue weighted by Crippen LogP contribution is 2.25. The molecule has 2 aromatic rings. The molecule has 1 atom stereocenters. The summed E-state index contributed by atoms with van der Waals surface area (Å²) in [5.41, 5.74) is 0. The third-order valence-corrected chi connectivity index (χ3v) is 5.76. The minimum Gasteiger partial charge on any atom is -0.370 e. The van der Waals surface area contributed by atoms with Crippen LogP contribution in [0.25, 0.3) is 0 Å². The monoisotopic (exact) mass is 356 g/mol. The Kier molecular flexibility index (Phi) is 5.20. The molecule has 0 saturated carbocycles. The summed E-state index contributed by atoms with van der Waals surface area (Å²) < 4.78 is 0. The maximum Gasteiger partial charge on any atom is 0.134 e. The topological polar surface area (TPSA) is 57.2 Å². The minimum atomic E-state index is 0.617. The van der Waals surface area contributed by atoms with E-state index in [2.05, 4.69) is 36.1 Å². The average Bonchev–Trinajstić information content (AvgIpc) is 3.17. The van der Waals surface area contributed by atoms with Crippen molar-refractivity contribution < 1.29 is 0 Å². The smallest absolute Gasteiger partial charge is 0.134 e. The Labute approximate surface area is 153 Å². The number of rotatable bonds is 5. The van der Waals surface area contributed by atoms with Crippen molar-refractivity contribution in [3.05, 3.63) is 36.8 Å². The maximum absolute atomic E-state index is 4.52. The van der Waals surface area contributed by atoms with Crippen LogP contribution in [0.15, 0.2) is 36.8 Å². The fourth-order valence-corrected chi connectivity index (χ4v) is 4.30. The Morgan fingerprint density at radius 3 is 2.68 bits per heavy atom. The molecule has 0 aromatic carbocycles. The Hall–Kier alpha value is -2.02. The van der Waals surface area contributed by atoms with Gasteiger partial charge in [0.1, 0.15) is 23.8 Å². The fraction of sp³-hybridized carbons (Fsp3) is 0.500. The zero-order chi connectivity index (χ0) is 16.9. The van der Waals surface area contributed by atoms with Gasteiger partial charge in [-0.3, -0.25) is 0 Å². The Balaban J connectivity index is 1.35. The van der Waals surface area contributed by atoms with Crippen LogP contribution in [0.5, 0.6) is 0 Å². The van der Waals surface area contributed by atoms with Crippen LogP contribution >= 0.6 is 11.8 Å². The van der Waals surface area contributed by atoms with Crippen molar-refractivity contribution in [3.63, 3.8) is 0 Å². The number of pyridine rings is 1. The van der Waals surface area contributed by atoms with E-state index in [9.17, 15) is 0 Å². The van der Waals surface area contributed by atoms with Crippen LogP contribution in [0, 0.1) is 5.92 Å². The third kappa shape index (κ3) is 4.15. The van der Waals surface area contributed by atoms with Crippen molar-refractivity contribution in [2.45, 2.75) is 6.42 Å². The molecule has 2 saturated heterocycles. The van der Waals surface area contributed by atoms with Crippen molar-refractivity contribution in [2.24, 2.45) is 5.92 Å². The van der Waals surface area contributed by atoms with Gasteiger partial charge in [-0.25, -0.2) is 15.0 Å². The van der Waals surface area contributed by atoms with Crippen LogP contribution in [0.2, 0.25) is 0 Å². The highest BCUT2D eigenvalue weighted by atomic mass is 32.2. The first kappa shape index (κ1) is 16.4. The summed E-state index contributed by atoms with van der Waals surface area (Å²) in [6.07, 6.45) is 4.72. The summed E-state index contributed by atoms with van der Waals surface area (Å²) in [5, 5.41) is 3.44. The van der Waals surface area contributed by atoms with E-state index in [1.165, 1.54) is 17.9 Å². The van der Waals surface area contributed by atoms with E-state index in [1.807, 2.05) is 36.2 Å². The molecule has 2 aromatic heterocycles. The molecule has 2 aliphatic rings. The average molecular weight is 356 g/mol. The molecule has 25 heavy (non-hydrogen) atoms. The fourth-order valence-electron chi connectivity index (χ4n) is 3.40. The highest BCUT2D eigenvalue weighted by molar-refractivity contribution is 7.99. The van der Waals surface area contributed by atoms with E-state index in [0.29, 0.717) is 5.92 Å². The molecule has 0 amide bonds.